The Labute approximate surface area is 125 Å². The lowest BCUT2D eigenvalue weighted by Crippen LogP contribution is -2.13. The third kappa shape index (κ3) is 3.66. The van der Waals surface area contributed by atoms with Gasteiger partial charge >= 0.3 is 11.9 Å². The number of carbonyl (C=O) groups is 2. The Morgan fingerprint density at radius 2 is 2.14 bits per heavy atom. The van der Waals surface area contributed by atoms with E-state index in [4.69, 9.17) is 10.8 Å². The van der Waals surface area contributed by atoms with E-state index in [2.05, 4.69) is 4.74 Å². The molecule has 0 radical (unpaired) electrons. The molecule has 21 heavy (non-hydrogen) atoms. The Kier molecular flexibility index (Phi) is 4.41. The average molecular weight is 313 g/mol. The van der Waals surface area contributed by atoms with E-state index in [-0.39, 0.29) is 17.1 Å². The number of rotatable bonds is 6. The molecule has 1 aliphatic rings. The number of carboxylic acids is 1. The number of esters is 1. The fourth-order valence-corrected chi connectivity index (χ4v) is 3.28. The molecular formula is C14H16FNO4S. The SMILES string of the molecule is COC(=O)CC1(CSc2cc(F)c(C(=O)O)cc2N)CC1. The first-order valence-corrected chi connectivity index (χ1v) is 7.37. The summed E-state index contributed by atoms with van der Waals surface area (Å²) in [7, 11) is 1.35. The maximum Gasteiger partial charge on any atom is 0.338 e. The van der Waals surface area contributed by atoms with Crippen LogP contribution in [0.4, 0.5) is 10.1 Å². The molecule has 0 aromatic heterocycles. The minimum Gasteiger partial charge on any atom is -0.478 e. The molecule has 0 spiro atoms. The first-order chi connectivity index (χ1) is 9.87. The molecule has 1 fully saturated rings. The van der Waals surface area contributed by atoms with Crippen molar-refractivity contribution in [3.05, 3.63) is 23.5 Å². The first-order valence-electron chi connectivity index (χ1n) is 6.39. The van der Waals surface area contributed by atoms with Crippen molar-refractivity contribution < 1.29 is 23.8 Å². The summed E-state index contributed by atoms with van der Waals surface area (Å²) in [6.45, 7) is 0. The summed E-state index contributed by atoms with van der Waals surface area (Å²) in [6.07, 6.45) is 2.18. The van der Waals surface area contributed by atoms with E-state index < -0.39 is 17.3 Å². The van der Waals surface area contributed by atoms with Gasteiger partial charge in [-0.15, -0.1) is 11.8 Å². The quantitative estimate of drug-likeness (QED) is 0.476. The summed E-state index contributed by atoms with van der Waals surface area (Å²) >= 11 is 1.34. The number of carbonyl (C=O) groups excluding carboxylic acids is 1. The molecule has 1 aliphatic carbocycles. The van der Waals surface area contributed by atoms with Gasteiger partial charge in [-0.1, -0.05) is 0 Å². The van der Waals surface area contributed by atoms with Crippen LogP contribution in [0.25, 0.3) is 0 Å². The van der Waals surface area contributed by atoms with Gasteiger partial charge in [0, 0.05) is 16.3 Å². The molecule has 2 rings (SSSR count). The van der Waals surface area contributed by atoms with Gasteiger partial charge < -0.3 is 15.6 Å². The third-order valence-electron chi connectivity index (χ3n) is 3.57. The molecule has 3 N–H and O–H groups in total. The Bertz CT molecular complexity index is 587. The van der Waals surface area contributed by atoms with Crippen LogP contribution in [0.2, 0.25) is 0 Å². The molecule has 0 atom stereocenters. The summed E-state index contributed by atoms with van der Waals surface area (Å²) in [5.41, 5.74) is 5.45. The highest BCUT2D eigenvalue weighted by Crippen LogP contribution is 2.52. The molecular weight excluding hydrogens is 297 g/mol. The summed E-state index contributed by atoms with van der Waals surface area (Å²) in [6, 6.07) is 2.26. The highest BCUT2D eigenvalue weighted by molar-refractivity contribution is 7.99. The second kappa shape index (κ2) is 5.93. The lowest BCUT2D eigenvalue weighted by atomic mass is 10.1. The number of anilines is 1. The number of thioether (sulfide) groups is 1. The molecule has 0 bridgehead atoms. The first kappa shape index (κ1) is 15.6. The van der Waals surface area contributed by atoms with E-state index in [0.29, 0.717) is 17.1 Å². The number of benzene rings is 1. The van der Waals surface area contributed by atoms with Crippen molar-refractivity contribution in [2.45, 2.75) is 24.2 Å². The zero-order valence-electron chi connectivity index (χ0n) is 11.5. The maximum absolute atomic E-state index is 13.7. The Balaban J connectivity index is 2.06. The second-order valence-corrected chi connectivity index (χ2v) is 6.23. The fraction of sp³-hybridized carbons (Fsp3) is 0.429. The van der Waals surface area contributed by atoms with Crippen LogP contribution in [0.15, 0.2) is 17.0 Å². The van der Waals surface area contributed by atoms with Crippen LogP contribution in [0.5, 0.6) is 0 Å². The number of halogens is 1. The van der Waals surface area contributed by atoms with Crippen molar-refractivity contribution >= 4 is 29.4 Å². The normalized spacial score (nSPS) is 15.5. The number of hydrogen-bond acceptors (Lipinski definition) is 5. The number of aromatic carboxylic acids is 1. The number of hydrogen-bond donors (Lipinski definition) is 2. The second-order valence-electron chi connectivity index (χ2n) is 5.22. The smallest absolute Gasteiger partial charge is 0.338 e. The largest absolute Gasteiger partial charge is 0.478 e. The zero-order valence-corrected chi connectivity index (χ0v) is 12.3. The van der Waals surface area contributed by atoms with Crippen LogP contribution in [0.1, 0.15) is 29.6 Å². The highest BCUT2D eigenvalue weighted by Gasteiger charge is 2.44. The van der Waals surface area contributed by atoms with E-state index in [1.807, 2.05) is 0 Å². The number of ether oxygens (including phenoxy) is 1. The summed E-state index contributed by atoms with van der Waals surface area (Å²) < 4.78 is 18.3. The molecule has 0 unspecified atom stereocenters. The van der Waals surface area contributed by atoms with Crippen LogP contribution < -0.4 is 5.73 Å². The maximum atomic E-state index is 13.7. The Morgan fingerprint density at radius 1 is 1.48 bits per heavy atom. The topological polar surface area (TPSA) is 89.6 Å². The van der Waals surface area contributed by atoms with Crippen LogP contribution in [-0.2, 0) is 9.53 Å². The van der Waals surface area contributed by atoms with E-state index >= 15 is 0 Å². The van der Waals surface area contributed by atoms with Crippen molar-refractivity contribution in [2.75, 3.05) is 18.6 Å². The predicted octanol–water partition coefficient (Wildman–Crippen LogP) is 2.54. The summed E-state index contributed by atoms with van der Waals surface area (Å²) in [5.74, 6) is -1.79. The minimum absolute atomic E-state index is 0.105. The van der Waals surface area contributed by atoms with Crippen LogP contribution in [0.3, 0.4) is 0 Å². The van der Waals surface area contributed by atoms with Crippen molar-refractivity contribution in [3.63, 3.8) is 0 Å². The Morgan fingerprint density at radius 3 is 2.67 bits per heavy atom. The lowest BCUT2D eigenvalue weighted by molar-refractivity contribution is -0.141. The van der Waals surface area contributed by atoms with Crippen LogP contribution >= 0.6 is 11.8 Å². The molecule has 5 nitrogen and oxygen atoms in total. The van der Waals surface area contributed by atoms with Gasteiger partial charge in [-0.05, 0) is 30.4 Å². The van der Waals surface area contributed by atoms with Crippen molar-refractivity contribution in [1.82, 2.24) is 0 Å². The van der Waals surface area contributed by atoms with Gasteiger partial charge in [0.1, 0.15) is 5.82 Å². The molecule has 1 saturated carbocycles. The van der Waals surface area contributed by atoms with E-state index in [1.54, 1.807) is 0 Å². The zero-order chi connectivity index (χ0) is 15.6. The summed E-state index contributed by atoms with van der Waals surface area (Å²) in [5, 5.41) is 8.82. The van der Waals surface area contributed by atoms with Crippen molar-refractivity contribution in [3.8, 4) is 0 Å². The fourth-order valence-electron chi connectivity index (χ4n) is 2.02. The molecule has 0 amide bonds. The standard InChI is InChI=1S/C14H16FNO4S/c1-20-12(17)6-14(2-3-14)7-21-11-5-9(15)8(13(18)19)4-10(11)16/h4-5H,2-3,6-7,16H2,1H3,(H,18,19). The monoisotopic (exact) mass is 313 g/mol. The number of methoxy groups -OCH3 is 1. The van der Waals surface area contributed by atoms with Crippen molar-refractivity contribution in [1.29, 1.82) is 0 Å². The van der Waals surface area contributed by atoms with Gasteiger partial charge in [0.05, 0.1) is 19.1 Å². The molecule has 114 valence electrons. The summed E-state index contributed by atoms with van der Waals surface area (Å²) in [4.78, 5) is 22.6. The molecule has 1 aromatic carbocycles. The minimum atomic E-state index is -1.35. The average Bonchev–Trinajstić information content (AvgIpc) is 3.19. The van der Waals surface area contributed by atoms with E-state index in [0.717, 1.165) is 25.0 Å². The van der Waals surface area contributed by atoms with Crippen LogP contribution in [-0.4, -0.2) is 29.9 Å². The van der Waals surface area contributed by atoms with Gasteiger partial charge in [0.2, 0.25) is 0 Å². The molecule has 7 heteroatoms. The van der Waals surface area contributed by atoms with Gasteiger partial charge in [-0.25, -0.2) is 9.18 Å². The number of carboxylic acid groups (broad SMARTS) is 1. The number of nitrogen functional groups attached to an aromatic ring is 1. The molecule has 0 saturated heterocycles. The molecule has 0 aliphatic heterocycles. The number of nitrogens with two attached hydrogens (primary N) is 1. The van der Waals surface area contributed by atoms with Gasteiger partial charge in [0.15, 0.2) is 0 Å². The molecule has 0 heterocycles. The van der Waals surface area contributed by atoms with E-state index in [9.17, 15) is 14.0 Å². The predicted molar refractivity (Wildman–Crippen MR) is 76.8 cm³/mol. The lowest BCUT2D eigenvalue weighted by Gasteiger charge is -2.14. The van der Waals surface area contributed by atoms with Gasteiger partial charge in [-0.2, -0.15) is 0 Å². The van der Waals surface area contributed by atoms with Gasteiger partial charge in [-0.3, -0.25) is 4.79 Å². The van der Waals surface area contributed by atoms with Crippen LogP contribution in [0, 0.1) is 11.2 Å². The molecule has 1 aromatic rings. The van der Waals surface area contributed by atoms with Crippen molar-refractivity contribution in [2.24, 2.45) is 5.41 Å². The van der Waals surface area contributed by atoms with Gasteiger partial charge in [0.25, 0.3) is 0 Å². The third-order valence-corrected chi connectivity index (χ3v) is 4.99. The Hall–Kier alpha value is -1.76. The highest BCUT2D eigenvalue weighted by atomic mass is 32.2. The van der Waals surface area contributed by atoms with E-state index in [1.165, 1.54) is 18.9 Å².